The number of hydrogen-bond donors (Lipinski definition) is 0. The van der Waals surface area contributed by atoms with Crippen LogP contribution in [0.5, 0.6) is 0 Å². The van der Waals surface area contributed by atoms with Crippen molar-refractivity contribution in [2.45, 2.75) is 130 Å². The fourth-order valence-corrected chi connectivity index (χ4v) is 4.96. The van der Waals surface area contributed by atoms with Crippen LogP contribution in [0.25, 0.3) is 0 Å². The van der Waals surface area contributed by atoms with Gasteiger partial charge in [-0.1, -0.05) is 128 Å². The highest BCUT2D eigenvalue weighted by Crippen LogP contribution is 2.34. The van der Waals surface area contributed by atoms with E-state index < -0.39 is 0 Å². The smallest absolute Gasteiger partial charge is 0.261 e. The molecule has 34 heavy (non-hydrogen) atoms. The quantitative estimate of drug-likeness (QED) is 0.123. The third-order valence-electron chi connectivity index (χ3n) is 7.15. The van der Waals surface area contributed by atoms with Crippen LogP contribution in [0.4, 0.5) is 5.69 Å². The molecule has 0 aliphatic carbocycles. The Morgan fingerprint density at radius 2 is 1.21 bits per heavy atom. The minimum Gasteiger partial charge on any atom is -0.273 e. The van der Waals surface area contributed by atoms with Gasteiger partial charge in [0.15, 0.2) is 0 Å². The van der Waals surface area contributed by atoms with Gasteiger partial charge in [0.1, 0.15) is 0 Å². The van der Waals surface area contributed by atoms with Crippen LogP contribution in [0, 0.1) is 12.8 Å². The van der Waals surface area contributed by atoms with E-state index in [9.17, 15) is 9.59 Å². The average Bonchev–Trinajstić information content (AvgIpc) is 3.07. The highest BCUT2D eigenvalue weighted by Gasteiger charge is 2.43. The number of anilines is 1. The summed E-state index contributed by atoms with van der Waals surface area (Å²) < 4.78 is 0. The Balaban J connectivity index is 1.93. The van der Waals surface area contributed by atoms with Crippen molar-refractivity contribution in [1.29, 1.82) is 0 Å². The van der Waals surface area contributed by atoms with Crippen LogP contribution in [-0.4, -0.2) is 11.8 Å². The predicted octanol–water partition coefficient (Wildman–Crippen LogP) is 9.08. The van der Waals surface area contributed by atoms with Crippen molar-refractivity contribution in [1.82, 2.24) is 0 Å². The zero-order valence-corrected chi connectivity index (χ0v) is 22.2. The molecule has 3 heteroatoms. The van der Waals surface area contributed by atoms with Crippen molar-refractivity contribution in [3.05, 3.63) is 41.5 Å². The van der Waals surface area contributed by atoms with E-state index in [1.165, 1.54) is 81.9 Å². The molecule has 0 spiro atoms. The number of amides is 2. The highest BCUT2D eigenvalue weighted by atomic mass is 16.2. The summed E-state index contributed by atoms with van der Waals surface area (Å²) in [7, 11) is 0. The lowest BCUT2D eigenvalue weighted by Gasteiger charge is -2.14. The molecule has 1 aromatic carbocycles. The van der Waals surface area contributed by atoms with E-state index in [-0.39, 0.29) is 17.7 Å². The van der Waals surface area contributed by atoms with Crippen LogP contribution in [0.15, 0.2) is 35.9 Å². The molecule has 1 atom stereocenters. The van der Waals surface area contributed by atoms with Crippen molar-refractivity contribution < 1.29 is 9.59 Å². The molecule has 1 saturated heterocycles. The second-order valence-electron chi connectivity index (χ2n) is 10.2. The molecule has 0 N–H and O–H groups in total. The number of allylic oxidation sites excluding steroid dienone is 1. The zero-order valence-electron chi connectivity index (χ0n) is 22.2. The van der Waals surface area contributed by atoms with E-state index in [2.05, 4.69) is 19.9 Å². The van der Waals surface area contributed by atoms with Gasteiger partial charge in [0.25, 0.3) is 5.91 Å². The van der Waals surface area contributed by atoms with Crippen LogP contribution >= 0.6 is 0 Å². The molecular weight excluding hydrogens is 418 g/mol. The first-order valence-electron chi connectivity index (χ1n) is 14.2. The number of imide groups is 1. The molecule has 0 aromatic heterocycles. The number of unbranched alkanes of at least 4 members (excludes halogenated alkanes) is 14. The van der Waals surface area contributed by atoms with Crippen molar-refractivity contribution in [3.8, 4) is 0 Å². The molecule has 2 rings (SSSR count). The topological polar surface area (TPSA) is 37.4 Å². The van der Waals surface area contributed by atoms with Gasteiger partial charge in [-0.25, -0.2) is 4.90 Å². The van der Waals surface area contributed by atoms with Gasteiger partial charge >= 0.3 is 0 Å². The van der Waals surface area contributed by atoms with E-state index in [1.807, 2.05) is 31.2 Å². The molecule has 2 amide bonds. The van der Waals surface area contributed by atoms with E-state index >= 15 is 0 Å². The summed E-state index contributed by atoms with van der Waals surface area (Å²) >= 11 is 0. The summed E-state index contributed by atoms with van der Waals surface area (Å²) in [6, 6.07) is 7.75. The summed E-state index contributed by atoms with van der Waals surface area (Å²) in [6.07, 6.45) is 22.6. The summed E-state index contributed by atoms with van der Waals surface area (Å²) in [6.45, 7) is 6.52. The first-order valence-corrected chi connectivity index (χ1v) is 14.2. The molecule has 0 saturated carbocycles. The van der Waals surface area contributed by atoms with Gasteiger partial charge in [0.2, 0.25) is 5.91 Å². The average molecular weight is 468 g/mol. The van der Waals surface area contributed by atoms with Gasteiger partial charge in [-0.05, 0) is 38.3 Å². The van der Waals surface area contributed by atoms with Crippen LogP contribution in [0.1, 0.15) is 129 Å². The molecule has 1 fully saturated rings. The Hall–Kier alpha value is -1.90. The Bertz CT molecular complexity index is 749. The number of aryl methyl sites for hydroxylation is 1. The Labute approximate surface area is 209 Å². The second kappa shape index (κ2) is 16.7. The zero-order chi connectivity index (χ0) is 24.6. The number of carbonyl (C=O) groups is 2. The summed E-state index contributed by atoms with van der Waals surface area (Å²) in [5.41, 5.74) is 2.59. The van der Waals surface area contributed by atoms with Crippen molar-refractivity contribution in [3.63, 3.8) is 0 Å². The van der Waals surface area contributed by atoms with Gasteiger partial charge in [0.05, 0.1) is 11.6 Å². The van der Waals surface area contributed by atoms with E-state index in [1.54, 1.807) is 0 Å². The van der Waals surface area contributed by atoms with Crippen molar-refractivity contribution in [2.75, 3.05) is 4.90 Å². The normalized spacial score (nSPS) is 17.3. The lowest BCUT2D eigenvalue weighted by molar-refractivity contribution is -0.122. The van der Waals surface area contributed by atoms with E-state index in [0.717, 1.165) is 43.2 Å². The minimum atomic E-state index is -0.265. The fourth-order valence-electron chi connectivity index (χ4n) is 4.96. The number of hydrogen-bond acceptors (Lipinski definition) is 2. The SMILES string of the molecule is CCCCCCCCC/C=C1/C(=O)N(c2ccc(C)cc2)C(=O)C1CCCCCCCCCC. The molecule has 190 valence electrons. The monoisotopic (exact) mass is 467 g/mol. The van der Waals surface area contributed by atoms with Gasteiger partial charge in [-0.15, -0.1) is 0 Å². The highest BCUT2D eigenvalue weighted by molar-refractivity contribution is 6.29. The molecule has 3 nitrogen and oxygen atoms in total. The summed E-state index contributed by atoms with van der Waals surface area (Å²) in [5, 5.41) is 0. The summed E-state index contributed by atoms with van der Waals surface area (Å²) in [4.78, 5) is 28.1. The third-order valence-corrected chi connectivity index (χ3v) is 7.15. The number of carbonyl (C=O) groups excluding carboxylic acids is 2. The van der Waals surface area contributed by atoms with E-state index in [0.29, 0.717) is 5.69 Å². The van der Waals surface area contributed by atoms with Crippen molar-refractivity contribution >= 4 is 17.5 Å². The van der Waals surface area contributed by atoms with Gasteiger partial charge in [-0.2, -0.15) is 0 Å². The lowest BCUT2D eigenvalue weighted by atomic mass is 9.93. The maximum Gasteiger partial charge on any atom is 0.261 e. The largest absolute Gasteiger partial charge is 0.273 e. The Morgan fingerprint density at radius 1 is 0.706 bits per heavy atom. The van der Waals surface area contributed by atoms with Gasteiger partial charge < -0.3 is 0 Å². The van der Waals surface area contributed by atoms with Gasteiger partial charge in [0, 0.05) is 5.57 Å². The molecule has 0 radical (unpaired) electrons. The molecule has 1 aromatic rings. The lowest BCUT2D eigenvalue weighted by Crippen LogP contribution is -2.30. The maximum absolute atomic E-state index is 13.3. The molecule has 1 aliphatic heterocycles. The molecule has 1 unspecified atom stereocenters. The van der Waals surface area contributed by atoms with E-state index in [4.69, 9.17) is 0 Å². The second-order valence-corrected chi connectivity index (χ2v) is 10.2. The molecular formula is C31H49NO2. The number of nitrogens with zero attached hydrogens (tertiary/aromatic N) is 1. The number of rotatable bonds is 18. The Morgan fingerprint density at radius 3 is 1.76 bits per heavy atom. The minimum absolute atomic E-state index is 0.0254. The summed E-state index contributed by atoms with van der Waals surface area (Å²) in [5.74, 6) is -0.387. The number of benzene rings is 1. The maximum atomic E-state index is 13.3. The van der Waals surface area contributed by atoms with Crippen LogP contribution < -0.4 is 4.90 Å². The predicted molar refractivity (Wildman–Crippen MR) is 145 cm³/mol. The van der Waals surface area contributed by atoms with Crippen LogP contribution in [-0.2, 0) is 9.59 Å². The molecule has 1 aliphatic rings. The fraction of sp³-hybridized carbons (Fsp3) is 0.677. The first kappa shape index (κ1) is 28.3. The van der Waals surface area contributed by atoms with Gasteiger partial charge in [-0.3, -0.25) is 9.59 Å². The first-order chi connectivity index (χ1) is 16.6. The van der Waals surface area contributed by atoms with Crippen LogP contribution in [0.3, 0.4) is 0 Å². The van der Waals surface area contributed by atoms with Crippen LogP contribution in [0.2, 0.25) is 0 Å². The van der Waals surface area contributed by atoms with Crippen molar-refractivity contribution in [2.24, 2.45) is 5.92 Å². The third kappa shape index (κ3) is 9.39. The Kier molecular flexibility index (Phi) is 13.9. The standard InChI is InChI=1S/C31H49NO2/c1-4-6-8-10-12-14-16-18-20-28-29(21-19-17-15-13-11-9-7-5-2)31(34)32(30(28)33)27-24-22-26(3)23-25-27/h20,22-25,29H,4-19,21H2,1-3H3/b28-20+. The molecule has 1 heterocycles. The molecule has 0 bridgehead atoms.